The van der Waals surface area contributed by atoms with Crippen LogP contribution >= 0.6 is 0 Å². The number of carbonyl (C=O) groups excluding carboxylic acids is 1. The second kappa shape index (κ2) is 5.95. The number of aryl methyl sites for hydroxylation is 1. The fourth-order valence-corrected chi connectivity index (χ4v) is 3.32. The summed E-state index contributed by atoms with van der Waals surface area (Å²) in [5.41, 5.74) is 0.00634. The number of aromatic nitrogens is 2. The van der Waals surface area contributed by atoms with Crippen molar-refractivity contribution >= 4 is 5.91 Å². The fraction of sp³-hybridized carbons (Fsp3) is 0.733. The monoisotopic (exact) mass is 277 g/mol. The van der Waals surface area contributed by atoms with E-state index in [9.17, 15) is 4.79 Å². The summed E-state index contributed by atoms with van der Waals surface area (Å²) < 4.78 is 7.85. The van der Waals surface area contributed by atoms with Gasteiger partial charge in [0, 0.05) is 45.1 Å². The van der Waals surface area contributed by atoms with Gasteiger partial charge in [-0.25, -0.2) is 0 Å². The maximum atomic E-state index is 12.2. The van der Waals surface area contributed by atoms with Gasteiger partial charge in [-0.3, -0.25) is 9.48 Å². The van der Waals surface area contributed by atoms with Crippen LogP contribution in [0.5, 0.6) is 0 Å². The van der Waals surface area contributed by atoms with Crippen LogP contribution in [-0.4, -0.2) is 45.9 Å². The van der Waals surface area contributed by atoms with Gasteiger partial charge < -0.3 is 9.64 Å². The first-order chi connectivity index (χ1) is 9.77. The van der Waals surface area contributed by atoms with Crippen LogP contribution < -0.4 is 0 Å². The Bertz CT molecular complexity index is 438. The lowest BCUT2D eigenvalue weighted by molar-refractivity contribution is -0.130. The summed E-state index contributed by atoms with van der Waals surface area (Å²) in [6.07, 6.45) is 9.53. The van der Waals surface area contributed by atoms with Gasteiger partial charge in [0.1, 0.15) is 0 Å². The van der Waals surface area contributed by atoms with E-state index >= 15 is 0 Å². The number of amides is 1. The van der Waals surface area contributed by atoms with Gasteiger partial charge >= 0.3 is 0 Å². The average Bonchev–Trinajstić information content (AvgIpc) is 3.09. The van der Waals surface area contributed by atoms with E-state index in [1.165, 1.54) is 0 Å². The number of hydrogen-bond donors (Lipinski definition) is 0. The van der Waals surface area contributed by atoms with Crippen molar-refractivity contribution in [3.05, 3.63) is 18.5 Å². The lowest BCUT2D eigenvalue weighted by Crippen LogP contribution is -2.33. The fourth-order valence-electron chi connectivity index (χ4n) is 3.32. The van der Waals surface area contributed by atoms with Crippen molar-refractivity contribution in [2.75, 3.05) is 19.7 Å². The number of nitrogens with zero attached hydrogens (tertiary/aromatic N) is 3. The molecular formula is C15H23N3O2. The van der Waals surface area contributed by atoms with Gasteiger partial charge in [-0.05, 0) is 38.2 Å². The third-order valence-electron chi connectivity index (χ3n) is 4.54. The van der Waals surface area contributed by atoms with Gasteiger partial charge in [-0.1, -0.05) is 0 Å². The molecule has 0 saturated carbocycles. The van der Waals surface area contributed by atoms with Gasteiger partial charge in [-0.2, -0.15) is 5.10 Å². The van der Waals surface area contributed by atoms with Gasteiger partial charge in [0.05, 0.1) is 5.60 Å². The predicted octanol–water partition coefficient (Wildman–Crippen LogP) is 1.83. The van der Waals surface area contributed by atoms with Gasteiger partial charge in [0.2, 0.25) is 5.91 Å². The zero-order valence-corrected chi connectivity index (χ0v) is 12.0. The first kappa shape index (κ1) is 13.6. The largest absolute Gasteiger partial charge is 0.375 e. The Morgan fingerprint density at radius 2 is 2.25 bits per heavy atom. The molecule has 1 amide bonds. The van der Waals surface area contributed by atoms with Crippen molar-refractivity contribution in [2.24, 2.45) is 0 Å². The number of ether oxygens (including phenoxy) is 1. The molecule has 0 aromatic carbocycles. The quantitative estimate of drug-likeness (QED) is 0.843. The van der Waals surface area contributed by atoms with E-state index in [1.54, 1.807) is 6.20 Å². The van der Waals surface area contributed by atoms with E-state index in [0.717, 1.165) is 58.3 Å². The SMILES string of the molecule is O=C1CC[C@@]2(CCCO2)CCN1CCCn1cccn1. The first-order valence-electron chi connectivity index (χ1n) is 7.67. The standard InChI is InChI=1S/C15H23N3O2/c19-14-4-6-15(5-1-13-20-15)7-12-17(14)9-3-11-18-10-2-8-16-18/h2,8,10H,1,3-7,9,11-13H2/t15-/m0/s1. The molecule has 5 heteroatoms. The van der Waals surface area contributed by atoms with Gasteiger partial charge in [0.15, 0.2) is 0 Å². The highest BCUT2D eigenvalue weighted by atomic mass is 16.5. The molecular weight excluding hydrogens is 254 g/mol. The Morgan fingerprint density at radius 3 is 3.00 bits per heavy atom. The van der Waals surface area contributed by atoms with E-state index in [2.05, 4.69) is 5.10 Å². The van der Waals surface area contributed by atoms with Crippen molar-refractivity contribution in [3.63, 3.8) is 0 Å². The molecule has 1 aromatic rings. The molecule has 110 valence electrons. The summed E-state index contributed by atoms with van der Waals surface area (Å²) >= 11 is 0. The Hall–Kier alpha value is -1.36. The Labute approximate surface area is 119 Å². The smallest absolute Gasteiger partial charge is 0.222 e. The second-order valence-electron chi connectivity index (χ2n) is 5.89. The molecule has 2 saturated heterocycles. The predicted molar refractivity (Wildman–Crippen MR) is 75.2 cm³/mol. The van der Waals surface area contributed by atoms with Crippen LogP contribution in [0, 0.1) is 0 Å². The minimum atomic E-state index is 0.00634. The highest BCUT2D eigenvalue weighted by Gasteiger charge is 2.38. The molecule has 3 heterocycles. The Balaban J connectivity index is 1.50. The average molecular weight is 277 g/mol. The lowest BCUT2D eigenvalue weighted by atomic mass is 9.92. The summed E-state index contributed by atoms with van der Waals surface area (Å²) in [5.74, 6) is 0.290. The summed E-state index contributed by atoms with van der Waals surface area (Å²) in [7, 11) is 0. The van der Waals surface area contributed by atoms with Gasteiger partial charge in [-0.15, -0.1) is 0 Å². The molecule has 3 rings (SSSR count). The highest BCUT2D eigenvalue weighted by Crippen LogP contribution is 2.35. The molecule has 1 atom stereocenters. The lowest BCUT2D eigenvalue weighted by Gasteiger charge is -2.26. The molecule has 2 aliphatic heterocycles. The molecule has 1 aromatic heterocycles. The Morgan fingerprint density at radius 1 is 1.30 bits per heavy atom. The van der Waals surface area contributed by atoms with E-state index in [-0.39, 0.29) is 11.5 Å². The van der Waals surface area contributed by atoms with Gasteiger partial charge in [0.25, 0.3) is 0 Å². The molecule has 2 aliphatic rings. The van der Waals surface area contributed by atoms with E-state index in [1.807, 2.05) is 21.8 Å². The van der Waals surface area contributed by atoms with Crippen LogP contribution in [0.1, 0.15) is 38.5 Å². The van der Waals surface area contributed by atoms with Crippen LogP contribution in [0.2, 0.25) is 0 Å². The first-order valence-corrected chi connectivity index (χ1v) is 7.67. The molecule has 0 bridgehead atoms. The zero-order chi connectivity index (χ0) is 13.8. The normalized spacial score (nSPS) is 27.2. The summed E-state index contributed by atoms with van der Waals surface area (Å²) in [6.45, 7) is 3.42. The third kappa shape index (κ3) is 3.03. The van der Waals surface area contributed by atoms with Crippen LogP contribution in [0.15, 0.2) is 18.5 Å². The molecule has 1 spiro atoms. The molecule has 0 unspecified atom stereocenters. The minimum absolute atomic E-state index is 0.00634. The van der Waals surface area contributed by atoms with Crippen LogP contribution in [0.3, 0.4) is 0 Å². The molecule has 0 N–H and O–H groups in total. The molecule has 20 heavy (non-hydrogen) atoms. The summed E-state index contributed by atoms with van der Waals surface area (Å²) in [6, 6.07) is 1.93. The third-order valence-corrected chi connectivity index (χ3v) is 4.54. The van der Waals surface area contributed by atoms with E-state index in [4.69, 9.17) is 4.74 Å². The molecule has 5 nitrogen and oxygen atoms in total. The van der Waals surface area contributed by atoms with Crippen molar-refractivity contribution in [1.82, 2.24) is 14.7 Å². The van der Waals surface area contributed by atoms with E-state index < -0.39 is 0 Å². The Kier molecular flexibility index (Phi) is 4.05. The zero-order valence-electron chi connectivity index (χ0n) is 12.0. The highest BCUT2D eigenvalue weighted by molar-refractivity contribution is 5.76. The maximum Gasteiger partial charge on any atom is 0.222 e. The topological polar surface area (TPSA) is 47.4 Å². The molecule has 0 radical (unpaired) electrons. The van der Waals surface area contributed by atoms with Crippen LogP contribution in [0.4, 0.5) is 0 Å². The number of carbonyl (C=O) groups is 1. The van der Waals surface area contributed by atoms with E-state index in [0.29, 0.717) is 6.42 Å². The van der Waals surface area contributed by atoms with Crippen LogP contribution in [-0.2, 0) is 16.1 Å². The van der Waals surface area contributed by atoms with Crippen molar-refractivity contribution in [2.45, 2.75) is 50.7 Å². The van der Waals surface area contributed by atoms with Crippen molar-refractivity contribution in [3.8, 4) is 0 Å². The summed E-state index contributed by atoms with van der Waals surface area (Å²) in [5, 5.41) is 4.19. The summed E-state index contributed by atoms with van der Waals surface area (Å²) in [4.78, 5) is 14.2. The second-order valence-corrected chi connectivity index (χ2v) is 5.89. The van der Waals surface area contributed by atoms with Crippen molar-refractivity contribution in [1.29, 1.82) is 0 Å². The number of hydrogen-bond acceptors (Lipinski definition) is 3. The molecule has 0 aliphatic carbocycles. The van der Waals surface area contributed by atoms with Crippen molar-refractivity contribution < 1.29 is 9.53 Å². The number of rotatable bonds is 4. The molecule has 2 fully saturated rings. The minimum Gasteiger partial charge on any atom is -0.375 e. The maximum absolute atomic E-state index is 12.2. The number of likely N-dealkylation sites (tertiary alicyclic amines) is 1. The van der Waals surface area contributed by atoms with Crippen LogP contribution in [0.25, 0.3) is 0 Å².